The lowest BCUT2D eigenvalue weighted by Gasteiger charge is -2.34. The van der Waals surface area contributed by atoms with E-state index in [-0.39, 0.29) is 6.54 Å². The number of hydrogen-bond acceptors (Lipinski definition) is 3. The Bertz CT molecular complexity index is 730. The average molecular weight is 331 g/mol. The molecule has 0 aromatic heterocycles. The average Bonchev–Trinajstić information content (AvgIpc) is 2.58. The summed E-state index contributed by atoms with van der Waals surface area (Å²) >= 11 is 0. The first kappa shape index (κ1) is 15.9. The summed E-state index contributed by atoms with van der Waals surface area (Å²) in [6.07, 6.45) is 0.680. The predicted molar refractivity (Wildman–Crippen MR) is 88.9 cm³/mol. The fourth-order valence-electron chi connectivity index (χ4n) is 2.69. The lowest BCUT2D eigenvalue weighted by Crippen LogP contribution is -2.36. The summed E-state index contributed by atoms with van der Waals surface area (Å²) in [5, 5.41) is 9.56. The number of rotatable bonds is 4. The molecule has 2 aromatic rings. The van der Waals surface area contributed by atoms with Crippen LogP contribution in [0, 0.1) is 0 Å². The molecule has 6 heteroatoms. The molecule has 120 valence electrons. The molecule has 5 nitrogen and oxygen atoms in total. The molecule has 1 unspecified atom stereocenters. The maximum absolute atomic E-state index is 13.2. The van der Waals surface area contributed by atoms with Crippen molar-refractivity contribution in [2.75, 3.05) is 19.7 Å². The first-order valence-corrected chi connectivity index (χ1v) is 9.05. The second-order valence-corrected chi connectivity index (χ2v) is 7.78. The molecule has 0 saturated carbocycles. The Balaban J connectivity index is 1.90. The van der Waals surface area contributed by atoms with Crippen LogP contribution in [0.25, 0.3) is 11.1 Å². The zero-order chi connectivity index (χ0) is 16.3. The van der Waals surface area contributed by atoms with E-state index in [1.54, 1.807) is 12.1 Å². The van der Waals surface area contributed by atoms with Gasteiger partial charge in [0.25, 0.3) is 0 Å². The normalized spacial score (nSPS) is 21.9. The van der Waals surface area contributed by atoms with Gasteiger partial charge in [-0.2, -0.15) is 0 Å². The number of nitrogens with zero attached hydrogens (tertiary/aromatic N) is 1. The smallest absolute Gasteiger partial charge is 0.318 e. The van der Waals surface area contributed by atoms with Crippen LogP contribution in [0.4, 0.5) is 0 Å². The summed E-state index contributed by atoms with van der Waals surface area (Å²) in [5.74, 6) is -1.00. The standard InChI is InChI=1S/C17H18NO4P/c19-17(20)13-18-11-4-12-22-23(18,21)16-9-7-15(8-10-16)14-5-2-1-3-6-14/h1-3,5-10H,4,11-13H2,(H,19,20). The minimum Gasteiger partial charge on any atom is -0.480 e. The van der Waals surface area contributed by atoms with Crippen LogP contribution in [0.15, 0.2) is 54.6 Å². The van der Waals surface area contributed by atoms with Gasteiger partial charge in [0.15, 0.2) is 0 Å². The van der Waals surface area contributed by atoms with E-state index in [2.05, 4.69) is 0 Å². The van der Waals surface area contributed by atoms with E-state index >= 15 is 0 Å². The quantitative estimate of drug-likeness (QED) is 0.873. The third kappa shape index (κ3) is 3.37. The lowest BCUT2D eigenvalue weighted by molar-refractivity contribution is -0.137. The highest BCUT2D eigenvalue weighted by Crippen LogP contribution is 2.51. The van der Waals surface area contributed by atoms with Gasteiger partial charge in [-0.25, -0.2) is 4.67 Å². The highest BCUT2D eigenvalue weighted by molar-refractivity contribution is 7.64. The Morgan fingerprint density at radius 3 is 2.39 bits per heavy atom. The maximum atomic E-state index is 13.2. The van der Waals surface area contributed by atoms with Crippen LogP contribution in [-0.2, 0) is 13.9 Å². The predicted octanol–water partition coefficient (Wildman–Crippen LogP) is 2.98. The Morgan fingerprint density at radius 2 is 1.74 bits per heavy atom. The molecule has 1 N–H and O–H groups in total. The van der Waals surface area contributed by atoms with E-state index < -0.39 is 13.5 Å². The first-order valence-electron chi connectivity index (χ1n) is 7.47. The third-order valence-corrected chi connectivity index (χ3v) is 6.39. The van der Waals surface area contributed by atoms with Crippen molar-refractivity contribution in [2.45, 2.75) is 6.42 Å². The van der Waals surface area contributed by atoms with Gasteiger partial charge in [-0.3, -0.25) is 9.36 Å². The third-order valence-electron chi connectivity index (χ3n) is 3.82. The van der Waals surface area contributed by atoms with E-state index in [0.717, 1.165) is 11.1 Å². The van der Waals surface area contributed by atoms with E-state index in [1.165, 1.54) is 4.67 Å². The Hall–Kier alpha value is -1.94. The zero-order valence-electron chi connectivity index (χ0n) is 12.6. The maximum Gasteiger partial charge on any atom is 0.318 e. The van der Waals surface area contributed by atoms with Crippen molar-refractivity contribution in [1.29, 1.82) is 0 Å². The number of carboxylic acid groups (broad SMARTS) is 1. The molecule has 0 spiro atoms. The number of benzene rings is 2. The largest absolute Gasteiger partial charge is 0.480 e. The monoisotopic (exact) mass is 331 g/mol. The zero-order valence-corrected chi connectivity index (χ0v) is 13.5. The summed E-state index contributed by atoms with van der Waals surface area (Å²) in [7, 11) is -3.29. The molecule has 23 heavy (non-hydrogen) atoms. The van der Waals surface area contributed by atoms with Gasteiger partial charge in [-0.1, -0.05) is 42.5 Å². The van der Waals surface area contributed by atoms with Crippen LogP contribution in [0.2, 0.25) is 0 Å². The molecular weight excluding hydrogens is 313 g/mol. The van der Waals surface area contributed by atoms with Crippen LogP contribution >= 0.6 is 7.52 Å². The van der Waals surface area contributed by atoms with Gasteiger partial charge < -0.3 is 9.63 Å². The molecule has 1 saturated heterocycles. The second-order valence-electron chi connectivity index (χ2n) is 5.40. The first-order chi connectivity index (χ1) is 11.1. The van der Waals surface area contributed by atoms with Gasteiger partial charge in [0.1, 0.15) is 6.54 Å². The summed E-state index contributed by atoms with van der Waals surface area (Å²) in [5.41, 5.74) is 2.09. The van der Waals surface area contributed by atoms with Crippen LogP contribution < -0.4 is 5.30 Å². The Morgan fingerprint density at radius 1 is 1.09 bits per heavy atom. The second kappa shape index (κ2) is 6.67. The summed E-state index contributed by atoms with van der Waals surface area (Å²) in [6, 6.07) is 17.2. The number of aliphatic carboxylic acids is 1. The van der Waals surface area contributed by atoms with Crippen molar-refractivity contribution in [3.63, 3.8) is 0 Å². The van der Waals surface area contributed by atoms with Crippen molar-refractivity contribution < 1.29 is 19.0 Å². The Kier molecular flexibility index (Phi) is 4.62. The molecule has 1 fully saturated rings. The molecule has 1 aliphatic heterocycles. The fourth-order valence-corrected chi connectivity index (χ4v) is 4.94. The van der Waals surface area contributed by atoms with Crippen LogP contribution in [0.3, 0.4) is 0 Å². The number of hydrogen-bond donors (Lipinski definition) is 1. The van der Waals surface area contributed by atoms with E-state index in [4.69, 9.17) is 9.63 Å². The molecule has 0 radical (unpaired) electrons. The van der Waals surface area contributed by atoms with Crippen molar-refractivity contribution in [3.05, 3.63) is 54.6 Å². The van der Waals surface area contributed by atoms with E-state index in [0.29, 0.717) is 24.9 Å². The molecule has 1 atom stereocenters. The highest BCUT2D eigenvalue weighted by atomic mass is 31.2. The molecule has 1 aliphatic rings. The van der Waals surface area contributed by atoms with Gasteiger partial charge in [0.2, 0.25) is 0 Å². The molecule has 1 heterocycles. The summed E-state index contributed by atoms with van der Waals surface area (Å²) < 4.78 is 20.2. The molecule has 2 aromatic carbocycles. The summed E-state index contributed by atoms with van der Waals surface area (Å²) in [6.45, 7) is 0.565. The van der Waals surface area contributed by atoms with Gasteiger partial charge in [0.05, 0.1) is 11.9 Å². The van der Waals surface area contributed by atoms with Crippen LogP contribution in [-0.4, -0.2) is 35.4 Å². The number of carboxylic acids is 1. The van der Waals surface area contributed by atoms with Crippen molar-refractivity contribution in [2.24, 2.45) is 0 Å². The lowest BCUT2D eigenvalue weighted by atomic mass is 10.1. The Labute approximate surface area is 135 Å². The minimum atomic E-state index is -3.29. The highest BCUT2D eigenvalue weighted by Gasteiger charge is 2.37. The van der Waals surface area contributed by atoms with Crippen LogP contribution in [0.5, 0.6) is 0 Å². The van der Waals surface area contributed by atoms with Gasteiger partial charge in [0, 0.05) is 6.54 Å². The van der Waals surface area contributed by atoms with Crippen molar-refractivity contribution in [1.82, 2.24) is 4.67 Å². The molecule has 0 aliphatic carbocycles. The van der Waals surface area contributed by atoms with Gasteiger partial charge in [-0.15, -0.1) is 0 Å². The van der Waals surface area contributed by atoms with Crippen LogP contribution in [0.1, 0.15) is 6.42 Å². The molecule has 0 bridgehead atoms. The topological polar surface area (TPSA) is 66.8 Å². The van der Waals surface area contributed by atoms with E-state index in [9.17, 15) is 9.36 Å². The summed E-state index contributed by atoms with van der Waals surface area (Å²) in [4.78, 5) is 11.0. The van der Waals surface area contributed by atoms with E-state index in [1.807, 2.05) is 42.5 Å². The van der Waals surface area contributed by atoms with Gasteiger partial charge in [-0.05, 0) is 29.7 Å². The minimum absolute atomic E-state index is 0.280. The van der Waals surface area contributed by atoms with Gasteiger partial charge >= 0.3 is 13.5 Å². The van der Waals surface area contributed by atoms with Crippen molar-refractivity contribution in [3.8, 4) is 11.1 Å². The molecule has 0 amide bonds. The number of carbonyl (C=O) groups is 1. The molecular formula is C17H18NO4P. The van der Waals surface area contributed by atoms with Crippen molar-refractivity contribution >= 4 is 18.8 Å². The SMILES string of the molecule is O=C(O)CN1CCCOP1(=O)c1ccc(-c2ccccc2)cc1. The molecule has 3 rings (SSSR count). The fraction of sp³-hybridized carbons (Fsp3) is 0.235.